The molecular formula is C15H21FO2. The second-order valence-corrected chi connectivity index (χ2v) is 5.14. The first kappa shape index (κ1) is 13.3. The molecule has 0 spiro atoms. The molecule has 0 saturated heterocycles. The second kappa shape index (κ2) is 4.88. The Hall–Kier alpha value is -1.09. The molecule has 1 aromatic carbocycles. The van der Waals surface area contributed by atoms with Crippen LogP contribution in [0.4, 0.5) is 4.39 Å². The highest BCUT2D eigenvalue weighted by Crippen LogP contribution is 2.57. The molecule has 0 amide bonds. The van der Waals surface area contributed by atoms with E-state index < -0.39 is 0 Å². The number of aliphatic hydroxyl groups is 1. The van der Waals surface area contributed by atoms with Crippen molar-refractivity contribution in [2.45, 2.75) is 45.1 Å². The molecule has 0 radical (unpaired) electrons. The summed E-state index contributed by atoms with van der Waals surface area (Å²) in [5.41, 5.74) is 0.892. The van der Waals surface area contributed by atoms with Crippen LogP contribution in [-0.2, 0) is 0 Å². The van der Waals surface area contributed by atoms with Gasteiger partial charge in [-0.25, -0.2) is 4.39 Å². The number of benzene rings is 1. The molecule has 2 nitrogen and oxygen atoms in total. The van der Waals surface area contributed by atoms with Gasteiger partial charge >= 0.3 is 0 Å². The molecule has 3 heteroatoms. The van der Waals surface area contributed by atoms with Crippen LogP contribution in [0.5, 0.6) is 5.75 Å². The molecule has 1 saturated carbocycles. The fraction of sp³-hybridized carbons (Fsp3) is 0.600. The van der Waals surface area contributed by atoms with Crippen molar-refractivity contribution < 1.29 is 14.2 Å². The van der Waals surface area contributed by atoms with Gasteiger partial charge in [0.1, 0.15) is 0 Å². The predicted molar refractivity (Wildman–Crippen MR) is 69.3 cm³/mol. The number of methoxy groups -OCH3 is 1. The van der Waals surface area contributed by atoms with Gasteiger partial charge in [0, 0.05) is 5.41 Å². The quantitative estimate of drug-likeness (QED) is 0.888. The molecule has 2 unspecified atom stereocenters. The van der Waals surface area contributed by atoms with Crippen LogP contribution < -0.4 is 4.74 Å². The Labute approximate surface area is 108 Å². The summed E-state index contributed by atoms with van der Waals surface area (Å²) in [4.78, 5) is 0. The average molecular weight is 252 g/mol. The van der Waals surface area contributed by atoms with E-state index in [-0.39, 0.29) is 29.0 Å². The minimum absolute atomic E-state index is 0.0823. The topological polar surface area (TPSA) is 29.5 Å². The number of hydrogen-bond acceptors (Lipinski definition) is 2. The van der Waals surface area contributed by atoms with Crippen LogP contribution in [0.2, 0.25) is 0 Å². The molecule has 2 atom stereocenters. The largest absolute Gasteiger partial charge is 0.494 e. The maximum atomic E-state index is 13.7. The van der Waals surface area contributed by atoms with Crippen LogP contribution in [0.15, 0.2) is 18.2 Å². The van der Waals surface area contributed by atoms with Gasteiger partial charge < -0.3 is 9.84 Å². The Kier molecular flexibility index (Phi) is 3.62. The molecule has 1 aromatic rings. The number of aliphatic hydroxyl groups excluding tert-OH is 1. The van der Waals surface area contributed by atoms with Crippen molar-refractivity contribution >= 4 is 0 Å². The van der Waals surface area contributed by atoms with E-state index in [0.29, 0.717) is 0 Å². The van der Waals surface area contributed by atoms with Gasteiger partial charge in [-0.3, -0.25) is 0 Å². The molecule has 18 heavy (non-hydrogen) atoms. The highest BCUT2D eigenvalue weighted by Gasteiger charge is 2.52. The minimum atomic E-state index is -0.322. The Morgan fingerprint density at radius 3 is 2.50 bits per heavy atom. The fourth-order valence-electron chi connectivity index (χ4n) is 3.35. The van der Waals surface area contributed by atoms with Crippen LogP contribution in [0, 0.1) is 11.2 Å². The molecule has 0 heterocycles. The lowest BCUT2D eigenvalue weighted by atomic mass is 9.53. The number of ether oxygens (including phenoxy) is 1. The monoisotopic (exact) mass is 252 g/mol. The van der Waals surface area contributed by atoms with Crippen LogP contribution in [0.25, 0.3) is 0 Å². The average Bonchev–Trinajstić information content (AvgIpc) is 2.37. The van der Waals surface area contributed by atoms with E-state index in [1.54, 1.807) is 12.1 Å². The lowest BCUT2D eigenvalue weighted by molar-refractivity contribution is -0.0932. The van der Waals surface area contributed by atoms with Crippen molar-refractivity contribution in [3.05, 3.63) is 29.6 Å². The van der Waals surface area contributed by atoms with E-state index in [1.807, 2.05) is 6.07 Å². The molecule has 1 aliphatic rings. The smallest absolute Gasteiger partial charge is 0.165 e. The summed E-state index contributed by atoms with van der Waals surface area (Å²) in [5.74, 6) is 0.206. The van der Waals surface area contributed by atoms with Crippen molar-refractivity contribution in [2.75, 3.05) is 7.11 Å². The summed E-state index contributed by atoms with van der Waals surface area (Å²) < 4.78 is 18.7. The third-order valence-corrected chi connectivity index (χ3v) is 4.71. The highest BCUT2D eigenvalue weighted by molar-refractivity contribution is 5.34. The van der Waals surface area contributed by atoms with E-state index in [9.17, 15) is 9.50 Å². The maximum absolute atomic E-state index is 13.7. The predicted octanol–water partition coefficient (Wildman–Crippen LogP) is 3.49. The van der Waals surface area contributed by atoms with Crippen LogP contribution in [0.1, 0.15) is 44.6 Å². The molecular weight excluding hydrogens is 231 g/mol. The molecule has 1 fully saturated rings. The molecule has 1 N–H and O–H groups in total. The van der Waals surface area contributed by atoms with Crippen molar-refractivity contribution in [3.8, 4) is 5.75 Å². The summed E-state index contributed by atoms with van der Waals surface area (Å²) >= 11 is 0. The molecule has 0 aliphatic heterocycles. The third-order valence-electron chi connectivity index (χ3n) is 4.71. The second-order valence-electron chi connectivity index (χ2n) is 5.14. The zero-order valence-electron chi connectivity index (χ0n) is 11.2. The number of hydrogen-bond donors (Lipinski definition) is 1. The van der Waals surface area contributed by atoms with E-state index in [2.05, 4.69) is 13.8 Å². The summed E-state index contributed by atoms with van der Waals surface area (Å²) in [5, 5.41) is 10.0. The van der Waals surface area contributed by atoms with E-state index in [4.69, 9.17) is 4.74 Å². The fourth-order valence-corrected chi connectivity index (χ4v) is 3.35. The lowest BCUT2D eigenvalue weighted by Gasteiger charge is -2.53. The Morgan fingerprint density at radius 2 is 2.06 bits per heavy atom. The molecule has 0 aromatic heterocycles. The molecule has 100 valence electrons. The van der Waals surface area contributed by atoms with E-state index in [0.717, 1.165) is 24.8 Å². The van der Waals surface area contributed by atoms with Crippen molar-refractivity contribution in [1.82, 2.24) is 0 Å². The minimum Gasteiger partial charge on any atom is -0.494 e. The highest BCUT2D eigenvalue weighted by atomic mass is 19.1. The molecule has 1 aliphatic carbocycles. The van der Waals surface area contributed by atoms with Gasteiger partial charge in [-0.2, -0.15) is 0 Å². The zero-order chi connectivity index (χ0) is 13.3. The number of rotatable bonds is 4. The molecule has 0 bridgehead atoms. The maximum Gasteiger partial charge on any atom is 0.165 e. The van der Waals surface area contributed by atoms with Gasteiger partial charge in [0.15, 0.2) is 11.6 Å². The van der Waals surface area contributed by atoms with Crippen molar-refractivity contribution in [2.24, 2.45) is 5.41 Å². The van der Waals surface area contributed by atoms with E-state index in [1.165, 1.54) is 7.11 Å². The van der Waals surface area contributed by atoms with Crippen molar-refractivity contribution in [1.29, 1.82) is 0 Å². The summed E-state index contributed by atoms with van der Waals surface area (Å²) in [6, 6.07) is 5.14. The van der Waals surface area contributed by atoms with Gasteiger partial charge in [-0.05, 0) is 42.9 Å². The van der Waals surface area contributed by atoms with Crippen LogP contribution >= 0.6 is 0 Å². The first-order valence-corrected chi connectivity index (χ1v) is 6.60. The normalized spacial score (nSPS) is 25.6. The Bertz CT molecular complexity index is 427. The molecule has 2 rings (SSSR count). The van der Waals surface area contributed by atoms with Gasteiger partial charge in [0.25, 0.3) is 0 Å². The van der Waals surface area contributed by atoms with Gasteiger partial charge in [0.2, 0.25) is 0 Å². The zero-order valence-corrected chi connectivity index (χ0v) is 11.2. The van der Waals surface area contributed by atoms with Crippen molar-refractivity contribution in [3.63, 3.8) is 0 Å². The first-order chi connectivity index (χ1) is 8.58. The van der Waals surface area contributed by atoms with Gasteiger partial charge in [0.05, 0.1) is 13.2 Å². The lowest BCUT2D eigenvalue weighted by Crippen LogP contribution is -2.50. The Morgan fingerprint density at radius 1 is 1.39 bits per heavy atom. The standard InChI is InChI=1S/C15H21FO2/c1-4-15(5-2)11(9-14(15)17)10-6-7-13(18-3)12(16)8-10/h6-8,11,14,17H,4-5,9H2,1-3H3. The van der Waals surface area contributed by atoms with Crippen LogP contribution in [0.3, 0.4) is 0 Å². The number of halogens is 1. The van der Waals surface area contributed by atoms with E-state index >= 15 is 0 Å². The third kappa shape index (κ3) is 1.81. The van der Waals surface area contributed by atoms with Gasteiger partial charge in [-0.15, -0.1) is 0 Å². The van der Waals surface area contributed by atoms with Gasteiger partial charge in [-0.1, -0.05) is 19.9 Å². The summed E-state index contributed by atoms with van der Waals surface area (Å²) in [7, 11) is 1.47. The summed E-state index contributed by atoms with van der Waals surface area (Å²) in [6.45, 7) is 4.19. The summed E-state index contributed by atoms with van der Waals surface area (Å²) in [6.07, 6.45) is 2.31. The first-order valence-electron chi connectivity index (χ1n) is 6.60. The van der Waals surface area contributed by atoms with Crippen LogP contribution in [-0.4, -0.2) is 18.3 Å². The SMILES string of the molecule is CCC1(CC)C(O)CC1c1ccc(OC)c(F)c1. The Balaban J connectivity index is 2.30.